The van der Waals surface area contributed by atoms with Gasteiger partial charge in [-0.1, -0.05) is 13.3 Å². The number of rotatable bonds is 9. The minimum atomic E-state index is -0.868. The molecule has 6 heteroatoms. The second-order valence-electron chi connectivity index (χ2n) is 6.17. The van der Waals surface area contributed by atoms with Crippen molar-refractivity contribution in [3.63, 3.8) is 0 Å². The van der Waals surface area contributed by atoms with Crippen LogP contribution in [0.2, 0.25) is 0 Å². The Morgan fingerprint density at radius 1 is 1.29 bits per heavy atom. The van der Waals surface area contributed by atoms with Gasteiger partial charge < -0.3 is 10.0 Å². The summed E-state index contributed by atoms with van der Waals surface area (Å²) in [5.74, 6) is -0.146. The van der Waals surface area contributed by atoms with Gasteiger partial charge >= 0.3 is 5.97 Å². The highest BCUT2D eigenvalue weighted by Crippen LogP contribution is 2.39. The van der Waals surface area contributed by atoms with Crippen LogP contribution >= 0.6 is 12.4 Å². The summed E-state index contributed by atoms with van der Waals surface area (Å²) in [6.45, 7) is 4.23. The number of carbonyl (C=O) groups is 2. The molecule has 0 bridgehead atoms. The Kier molecular flexibility index (Phi) is 6.94. The first-order valence-corrected chi connectivity index (χ1v) is 7.82. The summed E-state index contributed by atoms with van der Waals surface area (Å²) in [5, 5.41) is 12.0. The van der Waals surface area contributed by atoms with Gasteiger partial charge in [0.15, 0.2) is 0 Å². The van der Waals surface area contributed by atoms with Gasteiger partial charge in [-0.05, 0) is 44.9 Å². The molecule has 5 nitrogen and oxygen atoms in total. The summed E-state index contributed by atoms with van der Waals surface area (Å²) in [4.78, 5) is 25.5. The zero-order valence-electron chi connectivity index (χ0n) is 12.9. The molecule has 2 N–H and O–H groups in total. The lowest BCUT2D eigenvalue weighted by atomic mass is 10.1. The average Bonchev–Trinajstić information content (AvgIpc) is 3.27. The fraction of sp³-hybridized carbons (Fsp3) is 0.867. The first kappa shape index (κ1) is 18.2. The van der Waals surface area contributed by atoms with Crippen molar-refractivity contribution in [3.8, 4) is 0 Å². The maximum absolute atomic E-state index is 12.4. The number of nitrogens with one attached hydrogen (secondary N) is 1. The quantitative estimate of drug-likeness (QED) is 0.682. The Morgan fingerprint density at radius 3 is 2.33 bits per heavy atom. The molecule has 2 aliphatic rings. The third-order valence-corrected chi connectivity index (χ3v) is 4.35. The summed E-state index contributed by atoms with van der Waals surface area (Å²) >= 11 is 0. The Morgan fingerprint density at radius 2 is 1.90 bits per heavy atom. The van der Waals surface area contributed by atoms with Crippen molar-refractivity contribution >= 4 is 24.3 Å². The van der Waals surface area contributed by atoms with Gasteiger partial charge in [0.25, 0.3) is 0 Å². The van der Waals surface area contributed by atoms with Crippen LogP contribution in [0.4, 0.5) is 0 Å². The molecule has 0 saturated heterocycles. The van der Waals surface area contributed by atoms with Crippen molar-refractivity contribution in [1.82, 2.24) is 10.2 Å². The second kappa shape index (κ2) is 7.99. The van der Waals surface area contributed by atoms with Crippen LogP contribution in [0.15, 0.2) is 0 Å². The van der Waals surface area contributed by atoms with Gasteiger partial charge in [0.1, 0.15) is 6.04 Å². The summed E-state index contributed by atoms with van der Waals surface area (Å²) in [6.07, 6.45) is 5.99. The number of carbonyl (C=O) groups excluding carboxylic acids is 1. The van der Waals surface area contributed by atoms with Crippen LogP contribution in [0.3, 0.4) is 0 Å². The highest BCUT2D eigenvalue weighted by Gasteiger charge is 2.41. The molecule has 1 amide bonds. The predicted octanol–water partition coefficient (Wildman–Crippen LogP) is 2.04. The van der Waals surface area contributed by atoms with Crippen LogP contribution in [0.1, 0.15) is 52.4 Å². The molecule has 2 aliphatic carbocycles. The van der Waals surface area contributed by atoms with Crippen LogP contribution in [-0.2, 0) is 9.59 Å². The van der Waals surface area contributed by atoms with Gasteiger partial charge in [-0.15, -0.1) is 12.4 Å². The molecular weight excluding hydrogens is 292 g/mol. The standard InChI is InChI=1S/C15H26N2O3.ClH/c1-3-4-13(15(19)20)16-9-14(18)17(12-7-8-12)10(2)11-5-6-11;/h10-13,16H,3-9H2,1-2H3,(H,19,20);1H. The van der Waals surface area contributed by atoms with Gasteiger partial charge in [-0.2, -0.15) is 0 Å². The molecule has 0 aromatic rings. The third-order valence-electron chi connectivity index (χ3n) is 4.35. The molecule has 0 aromatic carbocycles. The van der Waals surface area contributed by atoms with Gasteiger partial charge in [0.05, 0.1) is 6.54 Å². The van der Waals surface area contributed by atoms with E-state index in [2.05, 4.69) is 12.2 Å². The fourth-order valence-electron chi connectivity index (χ4n) is 2.83. The fourth-order valence-corrected chi connectivity index (χ4v) is 2.83. The highest BCUT2D eigenvalue weighted by molar-refractivity contribution is 5.85. The van der Waals surface area contributed by atoms with E-state index in [1.165, 1.54) is 12.8 Å². The van der Waals surface area contributed by atoms with E-state index in [-0.39, 0.29) is 24.9 Å². The molecule has 0 radical (unpaired) electrons. The maximum Gasteiger partial charge on any atom is 0.320 e. The number of amides is 1. The van der Waals surface area contributed by atoms with Gasteiger partial charge in [0, 0.05) is 12.1 Å². The van der Waals surface area contributed by atoms with Crippen molar-refractivity contribution in [3.05, 3.63) is 0 Å². The van der Waals surface area contributed by atoms with Gasteiger partial charge in [-0.3, -0.25) is 14.9 Å². The Bertz CT molecular complexity index is 370. The lowest BCUT2D eigenvalue weighted by Gasteiger charge is -2.30. The molecule has 21 heavy (non-hydrogen) atoms. The van der Waals surface area contributed by atoms with Crippen LogP contribution in [-0.4, -0.2) is 46.6 Å². The summed E-state index contributed by atoms with van der Waals surface area (Å²) in [6, 6.07) is 0.0989. The van der Waals surface area contributed by atoms with E-state index in [0.29, 0.717) is 24.4 Å². The zero-order valence-corrected chi connectivity index (χ0v) is 13.7. The molecule has 0 spiro atoms. The lowest BCUT2D eigenvalue weighted by Crippen LogP contribution is -2.48. The third kappa shape index (κ3) is 5.15. The number of nitrogens with zero attached hydrogens (tertiary/aromatic N) is 1. The monoisotopic (exact) mass is 318 g/mol. The van der Waals surface area contributed by atoms with E-state index < -0.39 is 12.0 Å². The van der Waals surface area contributed by atoms with Crippen molar-refractivity contribution < 1.29 is 14.7 Å². The van der Waals surface area contributed by atoms with E-state index in [4.69, 9.17) is 5.11 Å². The summed E-state index contributed by atoms with van der Waals surface area (Å²) in [5.41, 5.74) is 0. The minimum absolute atomic E-state index is 0. The van der Waals surface area contributed by atoms with Crippen molar-refractivity contribution in [2.45, 2.75) is 70.5 Å². The number of aliphatic carboxylic acids is 1. The van der Waals surface area contributed by atoms with Crippen LogP contribution in [0, 0.1) is 5.92 Å². The van der Waals surface area contributed by atoms with Crippen molar-refractivity contribution in [2.75, 3.05) is 6.54 Å². The number of carboxylic acid groups (broad SMARTS) is 1. The minimum Gasteiger partial charge on any atom is -0.480 e. The average molecular weight is 319 g/mol. The first-order chi connectivity index (χ1) is 9.54. The second-order valence-corrected chi connectivity index (χ2v) is 6.17. The number of halogens is 1. The summed E-state index contributed by atoms with van der Waals surface area (Å²) < 4.78 is 0. The molecule has 2 fully saturated rings. The van der Waals surface area contributed by atoms with Crippen LogP contribution in [0.5, 0.6) is 0 Å². The van der Waals surface area contributed by atoms with Crippen molar-refractivity contribution in [1.29, 1.82) is 0 Å². The van der Waals surface area contributed by atoms with Crippen LogP contribution in [0.25, 0.3) is 0 Å². The molecule has 0 heterocycles. The largest absolute Gasteiger partial charge is 0.480 e. The number of hydrogen-bond donors (Lipinski definition) is 2. The number of carboxylic acids is 1. The molecule has 122 valence electrons. The molecule has 2 rings (SSSR count). The SMILES string of the molecule is CCCC(NCC(=O)N(C1CC1)C(C)C1CC1)C(=O)O.Cl. The predicted molar refractivity (Wildman–Crippen MR) is 83.6 cm³/mol. The smallest absolute Gasteiger partial charge is 0.320 e. The van der Waals surface area contributed by atoms with E-state index in [1.54, 1.807) is 0 Å². The molecule has 0 aliphatic heterocycles. The van der Waals surface area contributed by atoms with Gasteiger partial charge in [-0.25, -0.2) is 0 Å². The molecule has 2 atom stereocenters. The van der Waals surface area contributed by atoms with Gasteiger partial charge in [0.2, 0.25) is 5.91 Å². The normalized spacial score (nSPS) is 20.3. The highest BCUT2D eigenvalue weighted by atomic mass is 35.5. The molecule has 0 aromatic heterocycles. The lowest BCUT2D eigenvalue weighted by molar-refractivity contribution is -0.140. The maximum atomic E-state index is 12.4. The molecule has 2 saturated carbocycles. The first-order valence-electron chi connectivity index (χ1n) is 7.82. The number of hydrogen-bond acceptors (Lipinski definition) is 3. The molecular formula is C15H27ClN2O3. The Labute approximate surface area is 132 Å². The molecule has 2 unspecified atom stereocenters. The topological polar surface area (TPSA) is 69.6 Å². The summed E-state index contributed by atoms with van der Waals surface area (Å²) in [7, 11) is 0. The van der Waals surface area contributed by atoms with E-state index in [0.717, 1.165) is 19.3 Å². The van der Waals surface area contributed by atoms with Crippen molar-refractivity contribution in [2.24, 2.45) is 5.92 Å². The Hall–Kier alpha value is -0.810. The van der Waals surface area contributed by atoms with E-state index in [9.17, 15) is 9.59 Å². The zero-order chi connectivity index (χ0) is 14.7. The van der Waals surface area contributed by atoms with E-state index >= 15 is 0 Å². The van der Waals surface area contributed by atoms with E-state index in [1.807, 2.05) is 11.8 Å². The van der Waals surface area contributed by atoms with Crippen LogP contribution < -0.4 is 5.32 Å². The Balaban J connectivity index is 0.00000220.